The number of carbonyl (C=O) groups excluding carboxylic acids is 1. The van der Waals surface area contributed by atoms with Gasteiger partial charge in [0.2, 0.25) is 0 Å². The highest BCUT2D eigenvalue weighted by molar-refractivity contribution is 6.06. The third-order valence-corrected chi connectivity index (χ3v) is 4.11. The van der Waals surface area contributed by atoms with Gasteiger partial charge in [-0.15, -0.1) is 0 Å². The van der Waals surface area contributed by atoms with E-state index in [2.05, 4.69) is 10.3 Å². The molecule has 21 heavy (non-hydrogen) atoms. The molecule has 108 valence electrons. The topological polar surface area (TPSA) is 79.3 Å². The summed E-state index contributed by atoms with van der Waals surface area (Å²) in [6, 6.07) is 9.27. The molecule has 0 saturated heterocycles. The lowest BCUT2D eigenvalue weighted by Crippen LogP contribution is -2.52. The van der Waals surface area contributed by atoms with Crippen LogP contribution in [-0.4, -0.2) is 27.5 Å². The lowest BCUT2D eigenvalue weighted by Gasteiger charge is -2.25. The minimum atomic E-state index is -1.14. The Balaban J connectivity index is 1.96. The number of pyridine rings is 1. The Kier molecular flexibility index (Phi) is 3.33. The molecule has 0 spiro atoms. The molecule has 0 bridgehead atoms. The first-order chi connectivity index (χ1) is 10.1. The number of aromatic nitrogens is 1. The van der Waals surface area contributed by atoms with Crippen molar-refractivity contribution in [3.05, 3.63) is 42.2 Å². The highest BCUT2D eigenvalue weighted by Crippen LogP contribution is 2.30. The van der Waals surface area contributed by atoms with Gasteiger partial charge in [-0.2, -0.15) is 0 Å². The summed E-state index contributed by atoms with van der Waals surface area (Å²) in [6.07, 6.45) is 4.14. The Labute approximate surface area is 122 Å². The number of hydrogen-bond acceptors (Lipinski definition) is 3. The molecule has 1 saturated carbocycles. The average Bonchev–Trinajstić information content (AvgIpc) is 2.96. The number of hydrogen-bond donors (Lipinski definition) is 2. The van der Waals surface area contributed by atoms with E-state index in [9.17, 15) is 14.7 Å². The van der Waals surface area contributed by atoms with Gasteiger partial charge >= 0.3 is 5.97 Å². The summed E-state index contributed by atoms with van der Waals surface area (Å²) in [5.41, 5.74) is -0.865. The molecule has 5 heteroatoms. The van der Waals surface area contributed by atoms with Crippen LogP contribution in [0.2, 0.25) is 0 Å². The first kappa shape index (κ1) is 13.5. The summed E-state index contributed by atoms with van der Waals surface area (Å²) in [5, 5.41) is 13.8. The molecule has 3 rings (SSSR count). The number of benzene rings is 1. The molecule has 0 unspecified atom stereocenters. The van der Waals surface area contributed by atoms with Crippen LogP contribution in [0, 0.1) is 0 Å². The molecule has 2 aromatic rings. The maximum Gasteiger partial charge on any atom is 0.329 e. The van der Waals surface area contributed by atoms with Crippen LogP contribution >= 0.6 is 0 Å². The van der Waals surface area contributed by atoms with E-state index in [0.29, 0.717) is 12.8 Å². The van der Waals surface area contributed by atoms with Crippen LogP contribution in [0.4, 0.5) is 0 Å². The van der Waals surface area contributed by atoms with E-state index >= 15 is 0 Å². The van der Waals surface area contributed by atoms with Gasteiger partial charge in [-0.25, -0.2) is 4.79 Å². The molecule has 0 atom stereocenters. The number of fused-ring (bicyclic) bond motifs is 1. The van der Waals surface area contributed by atoms with Crippen molar-refractivity contribution in [2.24, 2.45) is 0 Å². The highest BCUT2D eigenvalue weighted by atomic mass is 16.4. The van der Waals surface area contributed by atoms with Crippen LogP contribution in [-0.2, 0) is 4.79 Å². The second kappa shape index (κ2) is 5.16. The number of nitrogens with zero attached hydrogens (tertiary/aromatic N) is 1. The van der Waals surface area contributed by atoms with Crippen LogP contribution in [0.1, 0.15) is 36.2 Å². The van der Waals surface area contributed by atoms with E-state index in [1.54, 1.807) is 6.20 Å². The highest BCUT2D eigenvalue weighted by Gasteiger charge is 2.43. The van der Waals surface area contributed by atoms with Gasteiger partial charge in [0.25, 0.3) is 5.91 Å². The van der Waals surface area contributed by atoms with E-state index in [1.165, 1.54) is 0 Å². The van der Waals surface area contributed by atoms with Crippen molar-refractivity contribution in [3.8, 4) is 0 Å². The zero-order chi connectivity index (χ0) is 14.9. The molecule has 2 N–H and O–H groups in total. The fourth-order valence-corrected chi connectivity index (χ4v) is 2.95. The van der Waals surface area contributed by atoms with E-state index in [-0.39, 0.29) is 5.69 Å². The second-order valence-corrected chi connectivity index (χ2v) is 5.43. The number of nitrogens with one attached hydrogen (secondary N) is 1. The molecule has 0 radical (unpaired) electrons. The van der Waals surface area contributed by atoms with Gasteiger partial charge in [-0.05, 0) is 24.3 Å². The summed E-state index contributed by atoms with van der Waals surface area (Å²) in [5.74, 6) is -1.38. The van der Waals surface area contributed by atoms with Crippen LogP contribution in [0.3, 0.4) is 0 Å². The van der Waals surface area contributed by atoms with Gasteiger partial charge in [-0.1, -0.05) is 37.1 Å². The summed E-state index contributed by atoms with van der Waals surface area (Å²) >= 11 is 0. The van der Waals surface area contributed by atoms with Gasteiger partial charge < -0.3 is 10.4 Å². The first-order valence-corrected chi connectivity index (χ1v) is 7.02. The lowest BCUT2D eigenvalue weighted by atomic mass is 9.97. The Morgan fingerprint density at radius 2 is 1.86 bits per heavy atom. The molecule has 0 aliphatic heterocycles. The number of carboxylic acid groups (broad SMARTS) is 1. The Morgan fingerprint density at radius 3 is 2.57 bits per heavy atom. The molecular weight excluding hydrogens is 268 g/mol. The molecule has 1 heterocycles. The maximum atomic E-state index is 12.5. The summed E-state index contributed by atoms with van der Waals surface area (Å²) < 4.78 is 0. The predicted molar refractivity (Wildman–Crippen MR) is 78.0 cm³/mol. The molecule has 1 aromatic carbocycles. The largest absolute Gasteiger partial charge is 0.480 e. The van der Waals surface area contributed by atoms with Crippen LogP contribution in [0.25, 0.3) is 10.8 Å². The molecule has 1 aliphatic rings. The summed E-state index contributed by atoms with van der Waals surface area (Å²) in [4.78, 5) is 28.1. The van der Waals surface area contributed by atoms with E-state index < -0.39 is 17.4 Å². The van der Waals surface area contributed by atoms with Crippen molar-refractivity contribution in [2.45, 2.75) is 31.2 Å². The Morgan fingerprint density at radius 1 is 1.14 bits per heavy atom. The molecule has 1 aromatic heterocycles. The van der Waals surface area contributed by atoms with Crippen LogP contribution < -0.4 is 5.32 Å². The van der Waals surface area contributed by atoms with E-state index in [4.69, 9.17) is 0 Å². The summed E-state index contributed by atoms with van der Waals surface area (Å²) in [6.45, 7) is 0. The predicted octanol–water partition coefficient (Wildman–Crippen LogP) is 2.36. The normalized spacial score (nSPS) is 16.8. The zero-order valence-corrected chi connectivity index (χ0v) is 11.5. The standard InChI is InChI=1S/C16H16N2O3/c19-14(18-16(15(20)21)8-3-4-9-16)13-12-6-2-1-5-11(12)7-10-17-13/h1-2,5-7,10H,3-4,8-9H2,(H,18,19)(H,20,21). The lowest BCUT2D eigenvalue weighted by molar-refractivity contribution is -0.144. The number of amides is 1. The minimum absolute atomic E-state index is 0.278. The van der Waals surface area contributed by atoms with Gasteiger partial charge in [0.15, 0.2) is 0 Å². The Bertz CT molecular complexity index is 700. The molecular formula is C16H16N2O3. The van der Waals surface area contributed by atoms with Crippen molar-refractivity contribution in [1.29, 1.82) is 0 Å². The number of carboxylic acids is 1. The smallest absolute Gasteiger partial charge is 0.329 e. The second-order valence-electron chi connectivity index (χ2n) is 5.43. The van der Waals surface area contributed by atoms with Crippen molar-refractivity contribution in [2.75, 3.05) is 0 Å². The summed E-state index contributed by atoms with van der Waals surface area (Å²) in [7, 11) is 0. The molecule has 1 fully saturated rings. The third kappa shape index (κ3) is 2.35. The fourth-order valence-electron chi connectivity index (χ4n) is 2.95. The van der Waals surface area contributed by atoms with Crippen LogP contribution in [0.15, 0.2) is 36.5 Å². The van der Waals surface area contributed by atoms with Crippen molar-refractivity contribution < 1.29 is 14.7 Å². The zero-order valence-electron chi connectivity index (χ0n) is 11.5. The maximum absolute atomic E-state index is 12.5. The van der Waals surface area contributed by atoms with Crippen molar-refractivity contribution in [3.63, 3.8) is 0 Å². The minimum Gasteiger partial charge on any atom is -0.480 e. The van der Waals surface area contributed by atoms with E-state index in [1.807, 2.05) is 30.3 Å². The molecule has 5 nitrogen and oxygen atoms in total. The average molecular weight is 284 g/mol. The Hall–Kier alpha value is -2.43. The van der Waals surface area contributed by atoms with Crippen molar-refractivity contribution in [1.82, 2.24) is 10.3 Å². The monoisotopic (exact) mass is 284 g/mol. The number of rotatable bonds is 3. The number of carbonyl (C=O) groups is 2. The molecule has 1 aliphatic carbocycles. The van der Waals surface area contributed by atoms with Gasteiger partial charge in [-0.3, -0.25) is 9.78 Å². The fraction of sp³-hybridized carbons (Fsp3) is 0.312. The van der Waals surface area contributed by atoms with Crippen molar-refractivity contribution >= 4 is 22.6 Å². The third-order valence-electron chi connectivity index (χ3n) is 4.11. The van der Waals surface area contributed by atoms with Crippen LogP contribution in [0.5, 0.6) is 0 Å². The quantitative estimate of drug-likeness (QED) is 0.906. The molecule has 1 amide bonds. The van der Waals surface area contributed by atoms with Gasteiger partial charge in [0.05, 0.1) is 0 Å². The number of aliphatic carboxylic acids is 1. The van der Waals surface area contributed by atoms with Gasteiger partial charge in [0, 0.05) is 11.6 Å². The van der Waals surface area contributed by atoms with Gasteiger partial charge in [0.1, 0.15) is 11.2 Å². The van der Waals surface area contributed by atoms with E-state index in [0.717, 1.165) is 23.6 Å². The SMILES string of the molecule is O=C(NC1(C(=O)O)CCCC1)c1nccc2ccccc12. The first-order valence-electron chi connectivity index (χ1n) is 7.02.